The molecule has 116 valence electrons. The minimum Gasteiger partial charge on any atom is -0.385 e. The standard InChI is InChI=1S/C13H19N3O4S/c1-3-14-10-5-6-12(16(18)19)11(9-10)13(17)15-7-8-21(20)4-2/h5-6,9,14H,3-4,7-8H2,1-2H3,(H,15,17). The van der Waals surface area contributed by atoms with Crippen molar-refractivity contribution in [3.05, 3.63) is 33.9 Å². The van der Waals surface area contributed by atoms with Gasteiger partial charge in [-0.05, 0) is 19.1 Å². The Morgan fingerprint density at radius 1 is 1.38 bits per heavy atom. The SMILES string of the molecule is CCNc1ccc([N+](=O)[O-])c(C(=O)NCCS(=O)CC)c1. The molecule has 0 radical (unpaired) electrons. The molecule has 1 atom stereocenters. The van der Waals surface area contributed by atoms with Crippen LogP contribution >= 0.6 is 0 Å². The van der Waals surface area contributed by atoms with Crippen LogP contribution in [0, 0.1) is 10.1 Å². The first kappa shape index (κ1) is 17.1. The topological polar surface area (TPSA) is 101 Å². The summed E-state index contributed by atoms with van der Waals surface area (Å²) in [6, 6.07) is 4.31. The number of anilines is 1. The molecular weight excluding hydrogens is 294 g/mol. The molecule has 0 saturated carbocycles. The second-order valence-corrected chi connectivity index (χ2v) is 6.07. The molecule has 0 bridgehead atoms. The molecule has 0 heterocycles. The molecule has 0 spiro atoms. The van der Waals surface area contributed by atoms with E-state index >= 15 is 0 Å². The molecule has 1 aromatic carbocycles. The van der Waals surface area contributed by atoms with Gasteiger partial charge >= 0.3 is 0 Å². The van der Waals surface area contributed by atoms with E-state index in [0.717, 1.165) is 0 Å². The molecule has 0 saturated heterocycles. The third-order valence-corrected chi connectivity index (χ3v) is 4.06. The molecule has 1 amide bonds. The molecule has 8 heteroatoms. The van der Waals surface area contributed by atoms with E-state index in [9.17, 15) is 19.1 Å². The maximum atomic E-state index is 12.1. The van der Waals surface area contributed by atoms with Gasteiger partial charge in [-0.25, -0.2) is 0 Å². The summed E-state index contributed by atoms with van der Waals surface area (Å²) in [5.74, 6) is 0.323. The number of hydrogen-bond acceptors (Lipinski definition) is 5. The number of carbonyl (C=O) groups excluding carboxylic acids is 1. The molecule has 21 heavy (non-hydrogen) atoms. The molecule has 0 aliphatic heterocycles. The van der Waals surface area contributed by atoms with Crippen LogP contribution < -0.4 is 10.6 Å². The zero-order valence-electron chi connectivity index (χ0n) is 12.0. The van der Waals surface area contributed by atoms with Crippen molar-refractivity contribution >= 4 is 28.1 Å². The summed E-state index contributed by atoms with van der Waals surface area (Å²) in [5.41, 5.74) is 0.400. The van der Waals surface area contributed by atoms with Crippen LogP contribution in [-0.2, 0) is 10.8 Å². The lowest BCUT2D eigenvalue weighted by molar-refractivity contribution is -0.385. The summed E-state index contributed by atoms with van der Waals surface area (Å²) in [6.45, 7) is 4.56. The number of nitro benzene ring substituents is 1. The van der Waals surface area contributed by atoms with Crippen LogP contribution in [-0.4, -0.2) is 39.6 Å². The molecular formula is C13H19N3O4S. The number of nitrogens with one attached hydrogen (secondary N) is 2. The van der Waals surface area contributed by atoms with E-state index in [2.05, 4.69) is 10.6 Å². The normalized spacial score (nSPS) is 11.7. The molecule has 0 fully saturated rings. The Morgan fingerprint density at radius 2 is 2.10 bits per heavy atom. The van der Waals surface area contributed by atoms with Crippen LogP contribution in [0.25, 0.3) is 0 Å². The van der Waals surface area contributed by atoms with Gasteiger partial charge < -0.3 is 10.6 Å². The van der Waals surface area contributed by atoms with E-state index in [1.165, 1.54) is 12.1 Å². The fourth-order valence-corrected chi connectivity index (χ4v) is 2.33. The van der Waals surface area contributed by atoms with Crippen molar-refractivity contribution < 1.29 is 13.9 Å². The highest BCUT2D eigenvalue weighted by molar-refractivity contribution is 7.84. The van der Waals surface area contributed by atoms with Gasteiger partial charge in [0.05, 0.1) is 4.92 Å². The monoisotopic (exact) mass is 313 g/mol. The van der Waals surface area contributed by atoms with E-state index in [1.54, 1.807) is 13.0 Å². The first-order valence-electron chi connectivity index (χ1n) is 6.65. The van der Waals surface area contributed by atoms with Crippen molar-refractivity contribution in [3.63, 3.8) is 0 Å². The maximum Gasteiger partial charge on any atom is 0.282 e. The van der Waals surface area contributed by atoms with Crippen LogP contribution in [0.5, 0.6) is 0 Å². The van der Waals surface area contributed by atoms with Crippen molar-refractivity contribution in [1.29, 1.82) is 0 Å². The molecule has 1 rings (SSSR count). The molecule has 7 nitrogen and oxygen atoms in total. The van der Waals surface area contributed by atoms with Crippen molar-refractivity contribution in [3.8, 4) is 0 Å². The Morgan fingerprint density at radius 3 is 2.67 bits per heavy atom. The van der Waals surface area contributed by atoms with Crippen molar-refractivity contribution in [2.24, 2.45) is 0 Å². The highest BCUT2D eigenvalue weighted by Crippen LogP contribution is 2.22. The smallest absolute Gasteiger partial charge is 0.282 e. The van der Waals surface area contributed by atoms with Gasteiger partial charge in [0.1, 0.15) is 5.56 Å². The summed E-state index contributed by atoms with van der Waals surface area (Å²) in [7, 11) is -0.982. The van der Waals surface area contributed by atoms with Crippen molar-refractivity contribution in [1.82, 2.24) is 5.32 Å². The van der Waals surface area contributed by atoms with Gasteiger partial charge in [-0.1, -0.05) is 6.92 Å². The van der Waals surface area contributed by atoms with Gasteiger partial charge in [-0.15, -0.1) is 0 Å². The van der Waals surface area contributed by atoms with Crippen LogP contribution in [0.15, 0.2) is 18.2 Å². The number of nitrogens with zero attached hydrogens (tertiary/aromatic N) is 1. The number of amides is 1. The quantitative estimate of drug-likeness (QED) is 0.560. The van der Waals surface area contributed by atoms with E-state index < -0.39 is 21.6 Å². The largest absolute Gasteiger partial charge is 0.385 e. The van der Waals surface area contributed by atoms with E-state index in [1.807, 2.05) is 6.92 Å². The molecule has 2 N–H and O–H groups in total. The molecule has 0 aliphatic rings. The van der Waals surface area contributed by atoms with Gasteiger partial charge in [-0.2, -0.15) is 0 Å². The maximum absolute atomic E-state index is 12.1. The number of carbonyl (C=O) groups is 1. The van der Waals surface area contributed by atoms with Crippen LogP contribution in [0.2, 0.25) is 0 Å². The van der Waals surface area contributed by atoms with Gasteiger partial charge in [0.15, 0.2) is 0 Å². The highest BCUT2D eigenvalue weighted by atomic mass is 32.2. The Labute approximate surface area is 125 Å². The minimum atomic E-state index is -0.982. The number of benzene rings is 1. The summed E-state index contributed by atoms with van der Waals surface area (Å²) in [5, 5.41) is 16.5. The molecule has 1 unspecified atom stereocenters. The first-order chi connectivity index (χ1) is 9.99. The summed E-state index contributed by atoms with van der Waals surface area (Å²) in [6.07, 6.45) is 0. The zero-order chi connectivity index (χ0) is 15.8. The summed E-state index contributed by atoms with van der Waals surface area (Å²) >= 11 is 0. The van der Waals surface area contributed by atoms with Gasteiger partial charge in [-0.3, -0.25) is 19.1 Å². The van der Waals surface area contributed by atoms with Gasteiger partial charge in [0.2, 0.25) is 0 Å². The van der Waals surface area contributed by atoms with E-state index in [0.29, 0.717) is 23.7 Å². The predicted octanol–water partition coefficient (Wildman–Crippen LogP) is 1.52. The second-order valence-electron chi connectivity index (χ2n) is 4.21. The zero-order valence-corrected chi connectivity index (χ0v) is 12.9. The third kappa shape index (κ3) is 5.14. The lowest BCUT2D eigenvalue weighted by Gasteiger charge is -2.08. The van der Waals surface area contributed by atoms with Gasteiger partial charge in [0.25, 0.3) is 11.6 Å². The number of hydrogen-bond donors (Lipinski definition) is 2. The fourth-order valence-electron chi connectivity index (χ4n) is 1.71. The predicted molar refractivity (Wildman–Crippen MR) is 83.1 cm³/mol. The van der Waals surface area contributed by atoms with E-state index in [-0.39, 0.29) is 17.8 Å². The van der Waals surface area contributed by atoms with Gasteiger partial charge in [0, 0.05) is 47.1 Å². The Hall–Kier alpha value is -1.96. The molecule has 1 aromatic rings. The van der Waals surface area contributed by atoms with Crippen LogP contribution in [0.1, 0.15) is 24.2 Å². The first-order valence-corrected chi connectivity index (χ1v) is 8.13. The van der Waals surface area contributed by atoms with Crippen molar-refractivity contribution in [2.45, 2.75) is 13.8 Å². The second kappa shape index (κ2) is 8.35. The summed E-state index contributed by atoms with van der Waals surface area (Å²) in [4.78, 5) is 22.4. The number of nitro groups is 1. The fraction of sp³-hybridized carbons (Fsp3) is 0.462. The Kier molecular flexibility index (Phi) is 6.80. The summed E-state index contributed by atoms with van der Waals surface area (Å²) < 4.78 is 11.3. The Balaban J connectivity index is 2.86. The van der Waals surface area contributed by atoms with Crippen LogP contribution in [0.3, 0.4) is 0 Å². The van der Waals surface area contributed by atoms with Crippen LogP contribution in [0.4, 0.5) is 11.4 Å². The minimum absolute atomic E-state index is 0.000677. The Bertz CT molecular complexity index is 548. The average Bonchev–Trinajstić information content (AvgIpc) is 2.46. The lowest BCUT2D eigenvalue weighted by Crippen LogP contribution is -2.28. The average molecular weight is 313 g/mol. The molecule has 0 aromatic heterocycles. The highest BCUT2D eigenvalue weighted by Gasteiger charge is 2.20. The van der Waals surface area contributed by atoms with Crippen molar-refractivity contribution in [2.75, 3.05) is 29.9 Å². The lowest BCUT2D eigenvalue weighted by atomic mass is 10.1. The number of rotatable bonds is 8. The third-order valence-electron chi connectivity index (χ3n) is 2.76. The molecule has 0 aliphatic carbocycles. The van der Waals surface area contributed by atoms with E-state index in [4.69, 9.17) is 0 Å².